The summed E-state index contributed by atoms with van der Waals surface area (Å²) in [5, 5.41) is 5.17. The summed E-state index contributed by atoms with van der Waals surface area (Å²) in [5.74, 6) is -0.196. The van der Waals surface area contributed by atoms with E-state index in [0.717, 1.165) is 16.5 Å². The van der Waals surface area contributed by atoms with E-state index in [1.807, 2.05) is 25.4 Å². The van der Waals surface area contributed by atoms with Gasteiger partial charge in [-0.2, -0.15) is 5.10 Å². The van der Waals surface area contributed by atoms with Crippen LogP contribution in [-0.2, 0) is 7.05 Å². The van der Waals surface area contributed by atoms with Crippen molar-refractivity contribution in [3.05, 3.63) is 48.0 Å². The van der Waals surface area contributed by atoms with Gasteiger partial charge in [0.2, 0.25) is 0 Å². The third-order valence-electron chi connectivity index (χ3n) is 2.98. The first-order valence-corrected chi connectivity index (χ1v) is 5.69. The van der Waals surface area contributed by atoms with Crippen molar-refractivity contribution in [3.8, 4) is 11.1 Å². The van der Waals surface area contributed by atoms with Crippen molar-refractivity contribution >= 4 is 11.0 Å². The van der Waals surface area contributed by atoms with Gasteiger partial charge in [0.15, 0.2) is 5.65 Å². The van der Waals surface area contributed by atoms with Gasteiger partial charge in [0.25, 0.3) is 0 Å². The fourth-order valence-corrected chi connectivity index (χ4v) is 1.96. The fourth-order valence-electron chi connectivity index (χ4n) is 1.96. The largest absolute Gasteiger partial charge is 0.273 e. The van der Waals surface area contributed by atoms with Gasteiger partial charge in [0, 0.05) is 30.4 Å². The first kappa shape index (κ1) is 10.9. The standard InChI is InChI=1S/C14H12FN3/c1-9-3-4-10(6-13(9)15)11-5-12-8-18(2)17-14(12)16-7-11/h3-8H,1-2H3. The van der Waals surface area contributed by atoms with Crippen LogP contribution in [0.4, 0.5) is 4.39 Å². The maximum atomic E-state index is 13.5. The van der Waals surface area contributed by atoms with Crippen molar-refractivity contribution in [2.75, 3.05) is 0 Å². The normalized spacial score (nSPS) is 11.1. The molecule has 0 amide bonds. The minimum absolute atomic E-state index is 0.196. The smallest absolute Gasteiger partial charge is 0.181 e. The number of hydrogen-bond acceptors (Lipinski definition) is 2. The molecule has 0 saturated heterocycles. The summed E-state index contributed by atoms with van der Waals surface area (Å²) in [6.45, 7) is 1.75. The zero-order chi connectivity index (χ0) is 12.7. The zero-order valence-electron chi connectivity index (χ0n) is 10.2. The van der Waals surface area contributed by atoms with E-state index in [-0.39, 0.29) is 5.82 Å². The molecule has 4 heteroatoms. The SMILES string of the molecule is Cc1ccc(-c2cnc3nn(C)cc3c2)cc1F. The van der Waals surface area contributed by atoms with E-state index in [4.69, 9.17) is 0 Å². The van der Waals surface area contributed by atoms with Crippen LogP contribution in [0.1, 0.15) is 5.56 Å². The molecule has 90 valence electrons. The average molecular weight is 241 g/mol. The van der Waals surface area contributed by atoms with Crippen molar-refractivity contribution in [1.29, 1.82) is 0 Å². The van der Waals surface area contributed by atoms with Crippen LogP contribution in [-0.4, -0.2) is 14.8 Å². The molecule has 3 aromatic rings. The van der Waals surface area contributed by atoms with Gasteiger partial charge in [0.1, 0.15) is 5.82 Å². The Labute approximate surface area is 104 Å². The Morgan fingerprint density at radius 2 is 2.00 bits per heavy atom. The minimum Gasteiger partial charge on any atom is -0.273 e. The van der Waals surface area contributed by atoms with Crippen molar-refractivity contribution in [2.45, 2.75) is 6.92 Å². The average Bonchev–Trinajstić information content (AvgIpc) is 2.71. The number of fused-ring (bicyclic) bond motifs is 1. The lowest BCUT2D eigenvalue weighted by Crippen LogP contribution is -1.87. The summed E-state index contributed by atoms with van der Waals surface area (Å²) in [7, 11) is 1.85. The number of aromatic nitrogens is 3. The minimum atomic E-state index is -0.196. The van der Waals surface area contributed by atoms with Gasteiger partial charge in [-0.15, -0.1) is 0 Å². The van der Waals surface area contributed by atoms with Gasteiger partial charge in [0.05, 0.1) is 0 Å². The van der Waals surface area contributed by atoms with Crippen molar-refractivity contribution < 1.29 is 4.39 Å². The predicted octanol–water partition coefficient (Wildman–Crippen LogP) is 3.08. The topological polar surface area (TPSA) is 30.7 Å². The summed E-state index contributed by atoms with van der Waals surface area (Å²) in [4.78, 5) is 4.28. The second kappa shape index (κ2) is 3.91. The van der Waals surface area contributed by atoms with Crippen molar-refractivity contribution in [3.63, 3.8) is 0 Å². The van der Waals surface area contributed by atoms with E-state index in [9.17, 15) is 4.39 Å². The van der Waals surface area contributed by atoms with Crippen LogP contribution >= 0.6 is 0 Å². The van der Waals surface area contributed by atoms with Crippen LogP contribution in [0.25, 0.3) is 22.2 Å². The highest BCUT2D eigenvalue weighted by Crippen LogP contribution is 2.23. The molecule has 0 saturated carbocycles. The van der Waals surface area contributed by atoms with E-state index >= 15 is 0 Å². The molecule has 0 spiro atoms. The molecule has 0 bridgehead atoms. The first-order valence-electron chi connectivity index (χ1n) is 5.69. The zero-order valence-corrected chi connectivity index (χ0v) is 10.2. The van der Waals surface area contributed by atoms with E-state index in [1.165, 1.54) is 6.07 Å². The Morgan fingerprint density at radius 1 is 1.17 bits per heavy atom. The highest BCUT2D eigenvalue weighted by Gasteiger charge is 2.05. The Kier molecular flexibility index (Phi) is 2.37. The summed E-state index contributed by atoms with van der Waals surface area (Å²) in [6.07, 6.45) is 3.62. The summed E-state index contributed by atoms with van der Waals surface area (Å²) in [6, 6.07) is 7.18. The van der Waals surface area contributed by atoms with Gasteiger partial charge in [-0.25, -0.2) is 9.37 Å². The Bertz CT molecular complexity index is 731. The molecule has 18 heavy (non-hydrogen) atoms. The van der Waals surface area contributed by atoms with Gasteiger partial charge in [-0.3, -0.25) is 4.68 Å². The number of halogens is 1. The molecule has 0 atom stereocenters. The maximum Gasteiger partial charge on any atom is 0.181 e. The van der Waals surface area contributed by atoms with Crippen LogP contribution in [0.3, 0.4) is 0 Å². The molecule has 2 aromatic heterocycles. The number of benzene rings is 1. The van der Waals surface area contributed by atoms with Crippen molar-refractivity contribution in [1.82, 2.24) is 14.8 Å². The van der Waals surface area contributed by atoms with Crippen LogP contribution in [0.2, 0.25) is 0 Å². The molecule has 3 rings (SSSR count). The van der Waals surface area contributed by atoms with Gasteiger partial charge >= 0.3 is 0 Å². The lowest BCUT2D eigenvalue weighted by atomic mass is 10.0. The second-order valence-corrected chi connectivity index (χ2v) is 4.40. The van der Waals surface area contributed by atoms with Crippen LogP contribution in [0.15, 0.2) is 36.7 Å². The molecule has 2 heterocycles. The lowest BCUT2D eigenvalue weighted by Gasteiger charge is -2.03. The second-order valence-electron chi connectivity index (χ2n) is 4.40. The van der Waals surface area contributed by atoms with Gasteiger partial charge < -0.3 is 0 Å². The lowest BCUT2D eigenvalue weighted by molar-refractivity contribution is 0.619. The molecule has 0 aliphatic carbocycles. The van der Waals surface area contributed by atoms with Crippen LogP contribution in [0, 0.1) is 12.7 Å². The van der Waals surface area contributed by atoms with E-state index < -0.39 is 0 Å². The molecule has 1 aromatic carbocycles. The molecule has 0 unspecified atom stereocenters. The fraction of sp³-hybridized carbons (Fsp3) is 0.143. The Balaban J connectivity index is 2.15. The third kappa shape index (κ3) is 1.76. The molecule has 0 fully saturated rings. The maximum absolute atomic E-state index is 13.5. The van der Waals surface area contributed by atoms with E-state index in [0.29, 0.717) is 11.2 Å². The number of hydrogen-bond donors (Lipinski definition) is 0. The number of rotatable bonds is 1. The molecule has 0 N–H and O–H groups in total. The molecule has 0 aliphatic heterocycles. The first-order chi connectivity index (χ1) is 8.63. The van der Waals surface area contributed by atoms with Crippen molar-refractivity contribution in [2.24, 2.45) is 7.05 Å². The molecular formula is C14H12FN3. The monoisotopic (exact) mass is 241 g/mol. The quantitative estimate of drug-likeness (QED) is 0.655. The van der Waals surface area contributed by atoms with Gasteiger partial charge in [-0.05, 0) is 30.2 Å². The predicted molar refractivity (Wildman–Crippen MR) is 68.6 cm³/mol. The molecular weight excluding hydrogens is 229 g/mol. The number of pyridine rings is 1. The summed E-state index contributed by atoms with van der Waals surface area (Å²) in [5.41, 5.74) is 3.08. The summed E-state index contributed by atoms with van der Waals surface area (Å²) >= 11 is 0. The van der Waals surface area contributed by atoms with Crippen LogP contribution < -0.4 is 0 Å². The highest BCUT2D eigenvalue weighted by molar-refractivity contribution is 5.80. The van der Waals surface area contributed by atoms with E-state index in [1.54, 1.807) is 23.9 Å². The Hall–Kier alpha value is -2.23. The molecule has 0 radical (unpaired) electrons. The summed E-state index contributed by atoms with van der Waals surface area (Å²) < 4.78 is 15.3. The number of nitrogens with zero attached hydrogens (tertiary/aromatic N) is 3. The molecule has 3 nitrogen and oxygen atoms in total. The third-order valence-corrected chi connectivity index (χ3v) is 2.98. The number of aryl methyl sites for hydroxylation is 2. The Morgan fingerprint density at radius 3 is 2.78 bits per heavy atom. The van der Waals surface area contributed by atoms with Gasteiger partial charge in [-0.1, -0.05) is 12.1 Å². The highest BCUT2D eigenvalue weighted by atomic mass is 19.1. The van der Waals surface area contributed by atoms with E-state index in [2.05, 4.69) is 10.1 Å². The van der Waals surface area contributed by atoms with Crippen LogP contribution in [0.5, 0.6) is 0 Å². The molecule has 0 aliphatic rings.